The molecule has 2 unspecified atom stereocenters. The highest BCUT2D eigenvalue weighted by Crippen LogP contribution is 2.11. The van der Waals surface area contributed by atoms with Gasteiger partial charge in [-0.15, -0.1) is 0 Å². The van der Waals surface area contributed by atoms with Crippen LogP contribution in [0, 0.1) is 5.92 Å². The molecule has 0 aliphatic carbocycles. The molecular weight excluding hydrogens is 160 g/mol. The number of rotatable bonds is 4. The van der Waals surface area contributed by atoms with Crippen LogP contribution in [0.3, 0.4) is 0 Å². The Kier molecular flexibility index (Phi) is 3.90. The zero-order valence-corrected chi connectivity index (χ0v) is 8.40. The van der Waals surface area contributed by atoms with E-state index < -0.39 is 0 Å². The lowest BCUT2D eigenvalue weighted by Crippen LogP contribution is -2.28. The third kappa shape index (κ3) is 3.15. The van der Waals surface area contributed by atoms with Crippen LogP contribution in [-0.4, -0.2) is 11.0 Å². The summed E-state index contributed by atoms with van der Waals surface area (Å²) in [5.74, 6) is 0.536. The van der Waals surface area contributed by atoms with Gasteiger partial charge in [0.05, 0.1) is 0 Å². The van der Waals surface area contributed by atoms with E-state index in [0.717, 1.165) is 12.8 Å². The van der Waals surface area contributed by atoms with Crippen LogP contribution in [0.4, 0.5) is 0 Å². The zero-order chi connectivity index (χ0) is 9.68. The third-order valence-electron chi connectivity index (χ3n) is 2.48. The maximum absolute atomic E-state index is 5.94. The largest absolute Gasteiger partial charge is 0.327 e. The second kappa shape index (κ2) is 4.97. The van der Waals surface area contributed by atoms with E-state index in [1.54, 1.807) is 6.20 Å². The first kappa shape index (κ1) is 10.2. The van der Waals surface area contributed by atoms with E-state index in [0.29, 0.717) is 12.0 Å². The highest BCUT2D eigenvalue weighted by Gasteiger charge is 2.10. The molecule has 72 valence electrons. The van der Waals surface area contributed by atoms with Gasteiger partial charge < -0.3 is 5.73 Å². The number of hydrogen-bond donors (Lipinski definition) is 1. The van der Waals surface area contributed by atoms with Crippen molar-refractivity contribution < 1.29 is 0 Å². The van der Waals surface area contributed by atoms with Crippen LogP contribution >= 0.6 is 0 Å². The van der Waals surface area contributed by atoms with Gasteiger partial charge in [-0.25, -0.2) is 0 Å². The van der Waals surface area contributed by atoms with Crippen LogP contribution in [0.1, 0.15) is 25.8 Å². The van der Waals surface area contributed by atoms with Crippen LogP contribution in [0.5, 0.6) is 0 Å². The number of hydrogen-bond acceptors (Lipinski definition) is 2. The summed E-state index contributed by atoms with van der Waals surface area (Å²) in [7, 11) is 0. The van der Waals surface area contributed by atoms with Gasteiger partial charge in [-0.3, -0.25) is 4.98 Å². The average molecular weight is 178 g/mol. The Labute approximate surface area is 80.2 Å². The lowest BCUT2D eigenvalue weighted by Gasteiger charge is -2.17. The summed E-state index contributed by atoms with van der Waals surface area (Å²) in [4.78, 5) is 4.08. The Morgan fingerprint density at radius 3 is 2.85 bits per heavy atom. The monoisotopic (exact) mass is 178 g/mol. The minimum atomic E-state index is 0.306. The second-order valence-corrected chi connectivity index (χ2v) is 3.61. The van der Waals surface area contributed by atoms with Crippen molar-refractivity contribution in [2.75, 3.05) is 0 Å². The molecule has 0 fully saturated rings. The molecule has 2 heteroatoms. The summed E-state index contributed by atoms with van der Waals surface area (Å²) in [6.07, 6.45) is 5.79. The van der Waals surface area contributed by atoms with Crippen LogP contribution < -0.4 is 5.73 Å². The number of pyridine rings is 1. The fourth-order valence-corrected chi connectivity index (χ4v) is 1.44. The van der Waals surface area contributed by atoms with E-state index in [2.05, 4.69) is 24.9 Å². The van der Waals surface area contributed by atoms with E-state index in [1.807, 2.05) is 12.3 Å². The molecule has 2 nitrogen and oxygen atoms in total. The molecule has 0 saturated carbocycles. The van der Waals surface area contributed by atoms with E-state index in [9.17, 15) is 0 Å². The molecule has 0 aromatic carbocycles. The van der Waals surface area contributed by atoms with Crippen LogP contribution in [-0.2, 0) is 6.42 Å². The van der Waals surface area contributed by atoms with Crippen molar-refractivity contribution in [1.82, 2.24) is 4.98 Å². The molecule has 1 aromatic rings. The SMILES string of the molecule is CCC(N)C(C)Cc1cccnc1. The minimum absolute atomic E-state index is 0.306. The molecule has 13 heavy (non-hydrogen) atoms. The number of nitrogens with two attached hydrogens (primary N) is 1. The fraction of sp³-hybridized carbons (Fsp3) is 0.545. The molecular formula is C11H18N2. The highest BCUT2D eigenvalue weighted by atomic mass is 14.6. The predicted octanol–water partition coefficient (Wildman–Crippen LogP) is 2.00. The molecule has 0 radical (unpaired) electrons. The van der Waals surface area contributed by atoms with Crippen LogP contribution in [0.25, 0.3) is 0 Å². The van der Waals surface area contributed by atoms with E-state index in [1.165, 1.54) is 5.56 Å². The molecule has 1 rings (SSSR count). The lowest BCUT2D eigenvalue weighted by molar-refractivity contribution is 0.442. The summed E-state index contributed by atoms with van der Waals surface area (Å²) in [6, 6.07) is 4.38. The van der Waals surface area contributed by atoms with Gasteiger partial charge in [0.2, 0.25) is 0 Å². The average Bonchev–Trinajstić information content (AvgIpc) is 2.18. The Hall–Kier alpha value is -0.890. The molecule has 2 atom stereocenters. The molecule has 0 saturated heterocycles. The van der Waals surface area contributed by atoms with Gasteiger partial charge >= 0.3 is 0 Å². The number of nitrogens with zero attached hydrogens (tertiary/aromatic N) is 1. The summed E-state index contributed by atoms with van der Waals surface area (Å²) in [5.41, 5.74) is 7.22. The van der Waals surface area contributed by atoms with Gasteiger partial charge in [0, 0.05) is 18.4 Å². The van der Waals surface area contributed by atoms with Gasteiger partial charge in [-0.2, -0.15) is 0 Å². The maximum atomic E-state index is 5.94. The Morgan fingerprint density at radius 2 is 2.31 bits per heavy atom. The molecule has 0 aliphatic heterocycles. The highest BCUT2D eigenvalue weighted by molar-refractivity contribution is 5.09. The van der Waals surface area contributed by atoms with Gasteiger partial charge in [0.15, 0.2) is 0 Å². The smallest absolute Gasteiger partial charge is 0.0299 e. The van der Waals surface area contributed by atoms with Crippen molar-refractivity contribution >= 4 is 0 Å². The Morgan fingerprint density at radius 1 is 1.54 bits per heavy atom. The summed E-state index contributed by atoms with van der Waals surface area (Å²) in [5, 5.41) is 0. The molecule has 1 heterocycles. The van der Waals surface area contributed by atoms with Gasteiger partial charge in [-0.1, -0.05) is 19.9 Å². The van der Waals surface area contributed by atoms with Crippen molar-refractivity contribution in [3.8, 4) is 0 Å². The van der Waals surface area contributed by atoms with Crippen LogP contribution in [0.2, 0.25) is 0 Å². The quantitative estimate of drug-likeness (QED) is 0.766. The Balaban J connectivity index is 2.50. The lowest BCUT2D eigenvalue weighted by atomic mass is 9.94. The first-order valence-corrected chi connectivity index (χ1v) is 4.88. The topological polar surface area (TPSA) is 38.9 Å². The summed E-state index contributed by atoms with van der Waals surface area (Å²) >= 11 is 0. The fourth-order valence-electron chi connectivity index (χ4n) is 1.44. The minimum Gasteiger partial charge on any atom is -0.327 e. The Bertz CT molecular complexity index is 233. The predicted molar refractivity (Wildman–Crippen MR) is 55.4 cm³/mol. The van der Waals surface area contributed by atoms with Gasteiger partial charge in [0.1, 0.15) is 0 Å². The van der Waals surface area contributed by atoms with Crippen molar-refractivity contribution in [2.24, 2.45) is 11.7 Å². The van der Waals surface area contributed by atoms with Crippen molar-refractivity contribution in [3.05, 3.63) is 30.1 Å². The summed E-state index contributed by atoms with van der Waals surface area (Å²) in [6.45, 7) is 4.32. The third-order valence-corrected chi connectivity index (χ3v) is 2.48. The maximum Gasteiger partial charge on any atom is 0.0299 e. The van der Waals surface area contributed by atoms with E-state index >= 15 is 0 Å². The van der Waals surface area contributed by atoms with Crippen LogP contribution in [0.15, 0.2) is 24.5 Å². The van der Waals surface area contributed by atoms with E-state index in [-0.39, 0.29) is 0 Å². The van der Waals surface area contributed by atoms with Gasteiger partial charge in [-0.05, 0) is 30.4 Å². The van der Waals surface area contributed by atoms with Crippen molar-refractivity contribution in [3.63, 3.8) is 0 Å². The second-order valence-electron chi connectivity index (χ2n) is 3.61. The molecule has 1 aromatic heterocycles. The first-order chi connectivity index (χ1) is 6.24. The molecule has 0 bridgehead atoms. The molecule has 0 amide bonds. The summed E-state index contributed by atoms with van der Waals surface area (Å²) < 4.78 is 0. The molecule has 2 N–H and O–H groups in total. The first-order valence-electron chi connectivity index (χ1n) is 4.88. The number of aromatic nitrogens is 1. The van der Waals surface area contributed by atoms with Crippen molar-refractivity contribution in [2.45, 2.75) is 32.7 Å². The normalized spacial score (nSPS) is 15.3. The van der Waals surface area contributed by atoms with Gasteiger partial charge in [0.25, 0.3) is 0 Å². The zero-order valence-electron chi connectivity index (χ0n) is 8.40. The standard InChI is InChI=1S/C11H18N2/c1-3-11(12)9(2)7-10-5-4-6-13-8-10/h4-6,8-9,11H,3,7,12H2,1-2H3. The van der Waals surface area contributed by atoms with E-state index in [4.69, 9.17) is 5.73 Å². The molecule has 0 spiro atoms. The molecule has 0 aliphatic rings. The van der Waals surface area contributed by atoms with Crippen molar-refractivity contribution in [1.29, 1.82) is 0 Å².